The van der Waals surface area contributed by atoms with Gasteiger partial charge in [0.25, 0.3) is 0 Å². The quantitative estimate of drug-likeness (QED) is 0.864. The molecular weight excluding hydrogens is 261 g/mol. The van der Waals surface area contributed by atoms with Gasteiger partial charge in [0, 0.05) is 0 Å². The van der Waals surface area contributed by atoms with Crippen molar-refractivity contribution in [1.29, 1.82) is 0 Å². The highest BCUT2D eigenvalue weighted by Gasteiger charge is 2.22. The number of aryl methyl sites for hydroxylation is 2. The zero-order chi connectivity index (χ0) is 14.1. The van der Waals surface area contributed by atoms with Gasteiger partial charge in [0.2, 0.25) is 10.0 Å². The number of carboxylic acid groups (broad SMARTS) is 1. The average Bonchev–Trinajstić information content (AvgIpc) is 2.24. The minimum atomic E-state index is -3.96. The third-order valence-electron chi connectivity index (χ3n) is 2.42. The Balaban J connectivity index is 3.18. The molecule has 1 unspecified atom stereocenters. The Morgan fingerprint density at radius 1 is 1.33 bits per heavy atom. The normalized spacial score (nSPS) is 13.3. The van der Waals surface area contributed by atoms with Crippen molar-refractivity contribution < 1.29 is 22.7 Å². The van der Waals surface area contributed by atoms with E-state index in [9.17, 15) is 17.6 Å². The summed E-state index contributed by atoms with van der Waals surface area (Å²) in [4.78, 5) is 10.5. The largest absolute Gasteiger partial charge is 0.480 e. The zero-order valence-corrected chi connectivity index (χ0v) is 11.0. The molecule has 0 bridgehead atoms. The van der Waals surface area contributed by atoms with E-state index in [-0.39, 0.29) is 16.0 Å². The average molecular weight is 275 g/mol. The fourth-order valence-corrected chi connectivity index (χ4v) is 2.78. The number of halogens is 1. The third-order valence-corrected chi connectivity index (χ3v) is 3.94. The summed E-state index contributed by atoms with van der Waals surface area (Å²) in [5.41, 5.74) is 0.386. The van der Waals surface area contributed by atoms with Crippen LogP contribution in [-0.4, -0.2) is 25.5 Å². The molecule has 5 nitrogen and oxygen atoms in total. The molecule has 1 atom stereocenters. The highest BCUT2D eigenvalue weighted by molar-refractivity contribution is 7.89. The Bertz CT molecular complexity index is 560. The van der Waals surface area contributed by atoms with Crippen molar-refractivity contribution in [2.75, 3.05) is 0 Å². The lowest BCUT2D eigenvalue weighted by Gasteiger charge is -2.12. The van der Waals surface area contributed by atoms with Gasteiger partial charge in [-0.15, -0.1) is 0 Å². The van der Waals surface area contributed by atoms with Gasteiger partial charge in [-0.1, -0.05) is 0 Å². The van der Waals surface area contributed by atoms with Gasteiger partial charge in [0.15, 0.2) is 0 Å². The molecule has 0 aliphatic carbocycles. The monoisotopic (exact) mass is 275 g/mol. The van der Waals surface area contributed by atoms with Crippen LogP contribution in [0.5, 0.6) is 0 Å². The van der Waals surface area contributed by atoms with Crippen LogP contribution in [0.2, 0.25) is 0 Å². The number of rotatable bonds is 4. The number of aliphatic carboxylic acids is 1. The molecule has 0 aliphatic rings. The van der Waals surface area contributed by atoms with Crippen LogP contribution in [0.4, 0.5) is 4.39 Å². The fraction of sp³-hybridized carbons (Fsp3) is 0.364. The van der Waals surface area contributed by atoms with Crippen LogP contribution in [-0.2, 0) is 14.8 Å². The molecule has 0 fully saturated rings. The smallest absolute Gasteiger partial charge is 0.321 e. The number of carboxylic acids is 1. The highest BCUT2D eigenvalue weighted by Crippen LogP contribution is 2.18. The van der Waals surface area contributed by atoms with Crippen LogP contribution >= 0.6 is 0 Å². The summed E-state index contributed by atoms with van der Waals surface area (Å²) in [7, 11) is -3.96. The molecule has 0 amide bonds. The molecule has 0 saturated heterocycles. The standard InChI is InChI=1S/C11H14FNO4S/c1-6-4-9(5-7(2)10(6)12)18(16,17)13-8(3)11(14)15/h4-5,8,13H,1-3H3,(H,14,15). The number of nitrogens with one attached hydrogen (secondary N) is 1. The Hall–Kier alpha value is -1.47. The second kappa shape index (κ2) is 5.03. The minimum Gasteiger partial charge on any atom is -0.480 e. The predicted octanol–water partition coefficient (Wildman–Crippen LogP) is 1.19. The van der Waals surface area contributed by atoms with Crippen LogP contribution < -0.4 is 4.72 Å². The van der Waals surface area contributed by atoms with E-state index < -0.39 is 27.9 Å². The summed E-state index contributed by atoms with van der Waals surface area (Å²) in [6.45, 7) is 4.10. The first-order valence-electron chi connectivity index (χ1n) is 5.17. The molecule has 0 radical (unpaired) electrons. The summed E-state index contributed by atoms with van der Waals surface area (Å²) >= 11 is 0. The van der Waals surface area contributed by atoms with Gasteiger partial charge in [0.1, 0.15) is 11.9 Å². The molecule has 100 valence electrons. The Labute approximate surface area is 105 Å². The van der Waals surface area contributed by atoms with Crippen molar-refractivity contribution in [3.05, 3.63) is 29.1 Å². The van der Waals surface area contributed by atoms with E-state index in [2.05, 4.69) is 0 Å². The summed E-state index contributed by atoms with van der Waals surface area (Å²) in [6.07, 6.45) is 0. The zero-order valence-electron chi connectivity index (χ0n) is 10.2. The van der Waals surface area contributed by atoms with E-state index in [1.54, 1.807) is 0 Å². The molecule has 0 aliphatic heterocycles. The van der Waals surface area contributed by atoms with Crippen LogP contribution in [0.15, 0.2) is 17.0 Å². The number of carbonyl (C=O) groups is 1. The first-order valence-corrected chi connectivity index (χ1v) is 6.65. The van der Waals surface area contributed by atoms with Crippen molar-refractivity contribution >= 4 is 16.0 Å². The number of sulfonamides is 1. The number of hydrogen-bond acceptors (Lipinski definition) is 3. The minimum absolute atomic E-state index is 0.146. The van der Waals surface area contributed by atoms with Gasteiger partial charge in [0.05, 0.1) is 4.90 Å². The van der Waals surface area contributed by atoms with Gasteiger partial charge in [-0.2, -0.15) is 4.72 Å². The third kappa shape index (κ3) is 3.05. The molecule has 0 spiro atoms. The topological polar surface area (TPSA) is 83.5 Å². The molecule has 1 aromatic carbocycles. The van der Waals surface area contributed by atoms with E-state index in [0.29, 0.717) is 0 Å². The fourth-order valence-electron chi connectivity index (χ4n) is 1.41. The molecule has 0 saturated carbocycles. The molecule has 1 rings (SSSR count). The van der Waals surface area contributed by atoms with Crippen molar-refractivity contribution in [3.8, 4) is 0 Å². The maximum Gasteiger partial charge on any atom is 0.321 e. The van der Waals surface area contributed by atoms with E-state index in [1.165, 1.54) is 32.9 Å². The van der Waals surface area contributed by atoms with E-state index in [0.717, 1.165) is 0 Å². The summed E-state index contributed by atoms with van der Waals surface area (Å²) < 4.78 is 39.1. The molecule has 0 aromatic heterocycles. The summed E-state index contributed by atoms with van der Waals surface area (Å²) in [5.74, 6) is -1.76. The van der Waals surface area contributed by atoms with Crippen LogP contribution in [0.1, 0.15) is 18.1 Å². The van der Waals surface area contributed by atoms with E-state index in [4.69, 9.17) is 5.11 Å². The molecular formula is C11H14FNO4S. The van der Waals surface area contributed by atoms with Crippen LogP contribution in [0.3, 0.4) is 0 Å². The maximum absolute atomic E-state index is 13.4. The second-order valence-corrected chi connectivity index (χ2v) is 5.77. The molecule has 0 heterocycles. The van der Waals surface area contributed by atoms with Crippen LogP contribution in [0, 0.1) is 19.7 Å². The Kier molecular flexibility index (Phi) is 4.08. The van der Waals surface area contributed by atoms with Crippen molar-refractivity contribution in [2.45, 2.75) is 31.7 Å². The van der Waals surface area contributed by atoms with E-state index in [1.807, 2.05) is 4.72 Å². The van der Waals surface area contributed by atoms with Crippen molar-refractivity contribution in [1.82, 2.24) is 4.72 Å². The number of benzene rings is 1. The first kappa shape index (κ1) is 14.6. The highest BCUT2D eigenvalue weighted by atomic mass is 32.2. The van der Waals surface area contributed by atoms with Gasteiger partial charge >= 0.3 is 5.97 Å². The Morgan fingerprint density at radius 3 is 2.17 bits per heavy atom. The van der Waals surface area contributed by atoms with E-state index >= 15 is 0 Å². The van der Waals surface area contributed by atoms with Crippen LogP contribution in [0.25, 0.3) is 0 Å². The van der Waals surface area contributed by atoms with Gasteiger partial charge in [-0.05, 0) is 44.0 Å². The molecule has 2 N–H and O–H groups in total. The molecule has 18 heavy (non-hydrogen) atoms. The maximum atomic E-state index is 13.4. The number of hydrogen-bond donors (Lipinski definition) is 2. The lowest BCUT2D eigenvalue weighted by atomic mass is 10.1. The second-order valence-electron chi connectivity index (χ2n) is 4.05. The summed E-state index contributed by atoms with van der Waals surface area (Å²) in [5, 5.41) is 8.66. The Morgan fingerprint density at radius 2 is 1.78 bits per heavy atom. The van der Waals surface area contributed by atoms with Crippen molar-refractivity contribution in [2.24, 2.45) is 0 Å². The van der Waals surface area contributed by atoms with Gasteiger partial charge in [-0.25, -0.2) is 12.8 Å². The lowest BCUT2D eigenvalue weighted by molar-refractivity contribution is -0.138. The lowest BCUT2D eigenvalue weighted by Crippen LogP contribution is -2.38. The van der Waals surface area contributed by atoms with Crippen molar-refractivity contribution in [3.63, 3.8) is 0 Å². The molecule has 1 aromatic rings. The SMILES string of the molecule is Cc1cc(S(=O)(=O)NC(C)C(=O)O)cc(C)c1F. The van der Waals surface area contributed by atoms with Gasteiger partial charge < -0.3 is 5.11 Å². The predicted molar refractivity (Wildman–Crippen MR) is 63.3 cm³/mol. The first-order chi connectivity index (χ1) is 8.15. The van der Waals surface area contributed by atoms with Gasteiger partial charge in [-0.3, -0.25) is 4.79 Å². The molecule has 7 heteroatoms. The summed E-state index contributed by atoms with van der Waals surface area (Å²) in [6, 6.07) is 1.08.